The number of nitrogens with one attached hydrogen (secondary N) is 1. The zero-order chi connectivity index (χ0) is 17.5. The first-order chi connectivity index (χ1) is 11.3. The van der Waals surface area contributed by atoms with Gasteiger partial charge >= 0.3 is 0 Å². The van der Waals surface area contributed by atoms with Gasteiger partial charge < -0.3 is 10.2 Å². The maximum atomic E-state index is 12.7. The van der Waals surface area contributed by atoms with Crippen LogP contribution < -0.4 is 5.32 Å². The summed E-state index contributed by atoms with van der Waals surface area (Å²) in [5.41, 5.74) is 1.89. The monoisotopic (exact) mass is 332 g/mol. The number of piperidine rings is 1. The summed E-state index contributed by atoms with van der Waals surface area (Å²) in [6.45, 7) is 7.05. The Morgan fingerprint density at radius 3 is 2.67 bits per heavy atom. The van der Waals surface area contributed by atoms with Crippen molar-refractivity contribution in [3.8, 4) is 0 Å². The minimum Gasteiger partial charge on any atom is -0.341 e. The van der Waals surface area contributed by atoms with E-state index in [1.807, 2.05) is 32.7 Å². The summed E-state index contributed by atoms with van der Waals surface area (Å²) in [5, 5.41) is 7.58. The molecule has 0 bridgehead atoms. The van der Waals surface area contributed by atoms with Crippen molar-refractivity contribution in [2.75, 3.05) is 18.4 Å². The van der Waals surface area contributed by atoms with Gasteiger partial charge in [0.25, 0.3) is 0 Å². The van der Waals surface area contributed by atoms with Crippen LogP contribution in [0.25, 0.3) is 0 Å². The van der Waals surface area contributed by atoms with E-state index in [0.717, 1.165) is 50.2 Å². The molecule has 0 aromatic carbocycles. The van der Waals surface area contributed by atoms with Gasteiger partial charge in [0.2, 0.25) is 11.8 Å². The van der Waals surface area contributed by atoms with Crippen LogP contribution in [-0.4, -0.2) is 39.6 Å². The van der Waals surface area contributed by atoms with Crippen molar-refractivity contribution in [2.24, 2.45) is 18.4 Å². The van der Waals surface area contributed by atoms with Crippen molar-refractivity contribution in [3.05, 3.63) is 11.3 Å². The first kappa shape index (κ1) is 17.0. The Labute approximate surface area is 143 Å². The highest BCUT2D eigenvalue weighted by molar-refractivity contribution is 5.93. The summed E-state index contributed by atoms with van der Waals surface area (Å²) in [5.74, 6) is 0.837. The second-order valence-electron chi connectivity index (χ2n) is 8.08. The van der Waals surface area contributed by atoms with Gasteiger partial charge in [-0.15, -0.1) is 0 Å². The minimum atomic E-state index is -0.402. The average Bonchev–Trinajstić information content (AvgIpc) is 3.08. The number of carbonyl (C=O) groups excluding carboxylic acids is 2. The van der Waals surface area contributed by atoms with Crippen molar-refractivity contribution >= 4 is 17.6 Å². The molecular formula is C18H28N4O2. The number of carbonyl (C=O) groups is 2. The van der Waals surface area contributed by atoms with E-state index in [2.05, 4.69) is 10.4 Å². The fourth-order valence-corrected chi connectivity index (χ4v) is 3.74. The lowest BCUT2D eigenvalue weighted by molar-refractivity contribution is -0.142. The van der Waals surface area contributed by atoms with Gasteiger partial charge in [-0.25, -0.2) is 0 Å². The molecule has 0 radical (unpaired) electrons. The molecule has 6 heteroatoms. The fraction of sp³-hybridized carbons (Fsp3) is 0.722. The Balaban J connectivity index is 1.68. The molecule has 2 amide bonds. The number of anilines is 1. The largest absolute Gasteiger partial charge is 0.341 e. The van der Waals surface area contributed by atoms with Crippen LogP contribution in [-0.2, 0) is 29.5 Å². The quantitative estimate of drug-likeness (QED) is 0.902. The lowest BCUT2D eigenvalue weighted by Gasteiger charge is -2.35. The van der Waals surface area contributed by atoms with Gasteiger partial charge in [-0.2, -0.15) is 5.10 Å². The van der Waals surface area contributed by atoms with Gasteiger partial charge in [-0.1, -0.05) is 20.8 Å². The van der Waals surface area contributed by atoms with Gasteiger partial charge in [-0.05, 0) is 32.1 Å². The zero-order valence-corrected chi connectivity index (χ0v) is 15.2. The van der Waals surface area contributed by atoms with Crippen molar-refractivity contribution in [2.45, 2.75) is 52.9 Å². The van der Waals surface area contributed by atoms with E-state index in [1.54, 1.807) is 4.68 Å². The molecular weight excluding hydrogens is 304 g/mol. The van der Waals surface area contributed by atoms with E-state index in [9.17, 15) is 9.59 Å². The molecule has 24 heavy (non-hydrogen) atoms. The summed E-state index contributed by atoms with van der Waals surface area (Å²) in [6.07, 6.45) is 4.80. The number of likely N-dealkylation sites (tertiary alicyclic amines) is 1. The normalized spacial score (nSPS) is 20.8. The number of nitrogens with zero attached hydrogens (tertiary/aromatic N) is 3. The van der Waals surface area contributed by atoms with E-state index in [4.69, 9.17) is 0 Å². The summed E-state index contributed by atoms with van der Waals surface area (Å²) in [4.78, 5) is 27.1. The Morgan fingerprint density at radius 2 is 1.96 bits per heavy atom. The third kappa shape index (κ3) is 3.19. The van der Waals surface area contributed by atoms with Crippen LogP contribution in [0.2, 0.25) is 0 Å². The summed E-state index contributed by atoms with van der Waals surface area (Å²) < 4.78 is 1.78. The number of hydrogen-bond donors (Lipinski definition) is 1. The molecule has 2 heterocycles. The van der Waals surface area contributed by atoms with Gasteiger partial charge in [0.1, 0.15) is 5.82 Å². The van der Waals surface area contributed by atoms with Gasteiger partial charge in [0.15, 0.2) is 0 Å². The van der Waals surface area contributed by atoms with Crippen molar-refractivity contribution in [1.82, 2.24) is 14.7 Å². The highest BCUT2D eigenvalue weighted by Gasteiger charge is 2.34. The molecule has 1 N–H and O–H groups in total. The molecule has 0 saturated carbocycles. The maximum absolute atomic E-state index is 12.7. The SMILES string of the molecule is Cn1nc2c(c1NC(=O)C1CCCN(C(=O)C(C)(C)C)C1)CCC2. The van der Waals surface area contributed by atoms with Crippen LogP contribution in [0.1, 0.15) is 51.3 Å². The standard InChI is InChI=1S/C18H28N4O2/c1-18(2,3)17(24)22-10-6-7-12(11-22)16(23)19-15-13-8-5-9-14(13)20-21(15)4/h12H,5-11H2,1-4H3,(H,19,23). The predicted octanol–water partition coefficient (Wildman–Crippen LogP) is 2.13. The molecule has 1 saturated heterocycles. The highest BCUT2D eigenvalue weighted by Crippen LogP contribution is 2.29. The van der Waals surface area contributed by atoms with Crippen molar-refractivity contribution < 1.29 is 9.59 Å². The number of aryl methyl sites for hydroxylation is 2. The molecule has 1 aliphatic heterocycles. The third-order valence-corrected chi connectivity index (χ3v) is 5.03. The Hall–Kier alpha value is -1.85. The van der Waals surface area contributed by atoms with Crippen LogP contribution in [0.4, 0.5) is 5.82 Å². The van der Waals surface area contributed by atoms with Crippen LogP contribution >= 0.6 is 0 Å². The molecule has 2 aliphatic rings. The molecule has 1 fully saturated rings. The van der Waals surface area contributed by atoms with Crippen molar-refractivity contribution in [3.63, 3.8) is 0 Å². The van der Waals surface area contributed by atoms with Gasteiger partial charge in [-0.3, -0.25) is 14.3 Å². The van der Waals surface area contributed by atoms with Gasteiger partial charge in [0.05, 0.1) is 11.6 Å². The van der Waals surface area contributed by atoms with Crippen LogP contribution in [0.15, 0.2) is 0 Å². The van der Waals surface area contributed by atoms with E-state index in [0.29, 0.717) is 6.54 Å². The molecule has 1 atom stereocenters. The number of amides is 2. The zero-order valence-electron chi connectivity index (χ0n) is 15.2. The lowest BCUT2D eigenvalue weighted by Crippen LogP contribution is -2.47. The average molecular weight is 332 g/mol. The van der Waals surface area contributed by atoms with Crippen LogP contribution in [0, 0.1) is 11.3 Å². The molecule has 1 aromatic rings. The van der Waals surface area contributed by atoms with E-state index in [-0.39, 0.29) is 17.7 Å². The predicted molar refractivity (Wildman–Crippen MR) is 92.6 cm³/mol. The van der Waals surface area contributed by atoms with Crippen molar-refractivity contribution in [1.29, 1.82) is 0 Å². The second kappa shape index (κ2) is 6.22. The minimum absolute atomic E-state index is 0.0131. The fourth-order valence-electron chi connectivity index (χ4n) is 3.74. The van der Waals surface area contributed by atoms with Crippen LogP contribution in [0.3, 0.4) is 0 Å². The number of fused-ring (bicyclic) bond motifs is 1. The van der Waals surface area contributed by atoms with Crippen LogP contribution in [0.5, 0.6) is 0 Å². The summed E-state index contributed by atoms with van der Waals surface area (Å²) >= 11 is 0. The first-order valence-electron chi connectivity index (χ1n) is 8.92. The summed E-state index contributed by atoms with van der Waals surface area (Å²) in [7, 11) is 1.88. The first-order valence-corrected chi connectivity index (χ1v) is 8.92. The molecule has 1 aliphatic carbocycles. The third-order valence-electron chi connectivity index (χ3n) is 5.03. The molecule has 3 rings (SSSR count). The maximum Gasteiger partial charge on any atom is 0.230 e. The topological polar surface area (TPSA) is 67.2 Å². The Bertz CT molecular complexity index is 657. The molecule has 1 aromatic heterocycles. The smallest absolute Gasteiger partial charge is 0.230 e. The highest BCUT2D eigenvalue weighted by atomic mass is 16.2. The molecule has 132 valence electrons. The van der Waals surface area contributed by atoms with E-state index < -0.39 is 5.41 Å². The molecule has 6 nitrogen and oxygen atoms in total. The molecule has 0 spiro atoms. The number of hydrogen-bond acceptors (Lipinski definition) is 3. The Morgan fingerprint density at radius 1 is 1.21 bits per heavy atom. The summed E-state index contributed by atoms with van der Waals surface area (Å²) in [6, 6.07) is 0. The van der Waals surface area contributed by atoms with E-state index in [1.165, 1.54) is 5.56 Å². The molecule has 1 unspecified atom stereocenters. The van der Waals surface area contributed by atoms with E-state index >= 15 is 0 Å². The lowest BCUT2D eigenvalue weighted by atomic mass is 9.91. The second-order valence-corrected chi connectivity index (χ2v) is 8.08. The Kier molecular flexibility index (Phi) is 4.40. The number of rotatable bonds is 2. The number of aromatic nitrogens is 2. The van der Waals surface area contributed by atoms with Gasteiger partial charge in [0, 0.05) is 31.1 Å².